The Labute approximate surface area is 94.8 Å². The first kappa shape index (κ1) is 13.0. The normalized spacial score (nSPS) is 18.3. The summed E-state index contributed by atoms with van der Waals surface area (Å²) in [6, 6.07) is -1.17. The second kappa shape index (κ2) is 6.48. The average molecular weight is 229 g/mol. The van der Waals surface area contributed by atoms with Crippen LogP contribution in [0.25, 0.3) is 0 Å². The summed E-state index contributed by atoms with van der Waals surface area (Å²) in [6.45, 7) is -0.565. The lowest BCUT2D eigenvalue weighted by Gasteiger charge is -2.13. The van der Waals surface area contributed by atoms with Crippen molar-refractivity contribution in [1.29, 1.82) is 0 Å². The van der Waals surface area contributed by atoms with E-state index in [1.54, 1.807) is 0 Å². The summed E-state index contributed by atoms with van der Waals surface area (Å²) in [6.07, 6.45) is 6.00. The number of aliphatic hydroxyl groups is 1. The van der Waals surface area contributed by atoms with E-state index in [0.717, 1.165) is 6.42 Å². The molecular weight excluding hydrogens is 210 g/mol. The van der Waals surface area contributed by atoms with Crippen LogP contribution in [0.3, 0.4) is 0 Å². The molecule has 0 aliphatic heterocycles. The van der Waals surface area contributed by atoms with Crippen molar-refractivity contribution in [3.8, 4) is 0 Å². The number of amides is 1. The van der Waals surface area contributed by atoms with Crippen molar-refractivity contribution in [3.63, 3.8) is 0 Å². The standard InChI is InChI=1S/C11H19NO4/c13-7-9(11(15)16)12-10(14)6-5-8-3-1-2-4-8/h8-9,13H,1-7H2,(H,12,14)(H,15,16). The Hall–Kier alpha value is -1.10. The lowest BCUT2D eigenvalue weighted by Crippen LogP contribution is -2.43. The van der Waals surface area contributed by atoms with Crippen LogP contribution in [0.4, 0.5) is 0 Å². The Morgan fingerprint density at radius 2 is 1.94 bits per heavy atom. The molecule has 0 aromatic carbocycles. The maximum atomic E-state index is 11.4. The van der Waals surface area contributed by atoms with Crippen molar-refractivity contribution in [2.45, 2.75) is 44.6 Å². The van der Waals surface area contributed by atoms with Gasteiger partial charge in [0, 0.05) is 6.42 Å². The van der Waals surface area contributed by atoms with Crippen LogP contribution >= 0.6 is 0 Å². The van der Waals surface area contributed by atoms with Gasteiger partial charge in [-0.25, -0.2) is 4.79 Å². The first-order valence-corrected chi connectivity index (χ1v) is 5.76. The number of rotatable bonds is 6. The van der Waals surface area contributed by atoms with Crippen molar-refractivity contribution in [3.05, 3.63) is 0 Å². The van der Waals surface area contributed by atoms with Gasteiger partial charge < -0.3 is 15.5 Å². The summed E-state index contributed by atoms with van der Waals surface area (Å²) in [5, 5.41) is 19.7. The van der Waals surface area contributed by atoms with Crippen LogP contribution in [0, 0.1) is 5.92 Å². The maximum absolute atomic E-state index is 11.4. The van der Waals surface area contributed by atoms with Crippen molar-refractivity contribution < 1.29 is 19.8 Å². The number of carbonyl (C=O) groups excluding carboxylic acids is 1. The number of carbonyl (C=O) groups is 2. The molecule has 0 bridgehead atoms. The minimum Gasteiger partial charge on any atom is -0.480 e. The van der Waals surface area contributed by atoms with Crippen LogP contribution in [0.1, 0.15) is 38.5 Å². The molecule has 1 unspecified atom stereocenters. The topological polar surface area (TPSA) is 86.6 Å². The summed E-state index contributed by atoms with van der Waals surface area (Å²) < 4.78 is 0. The minimum absolute atomic E-state index is 0.284. The molecule has 0 heterocycles. The molecule has 0 aromatic rings. The molecule has 1 rings (SSSR count). The molecule has 1 amide bonds. The molecule has 92 valence electrons. The first-order valence-electron chi connectivity index (χ1n) is 5.76. The third-order valence-corrected chi connectivity index (χ3v) is 3.07. The van der Waals surface area contributed by atoms with E-state index < -0.39 is 18.6 Å². The van der Waals surface area contributed by atoms with Crippen LogP contribution in [-0.4, -0.2) is 34.7 Å². The van der Waals surface area contributed by atoms with Gasteiger partial charge in [-0.1, -0.05) is 25.7 Å². The molecule has 1 aliphatic carbocycles. The Morgan fingerprint density at radius 3 is 2.44 bits per heavy atom. The monoisotopic (exact) mass is 229 g/mol. The van der Waals surface area contributed by atoms with Crippen LogP contribution in [0.2, 0.25) is 0 Å². The summed E-state index contributed by atoms with van der Waals surface area (Å²) in [7, 11) is 0. The van der Waals surface area contributed by atoms with Gasteiger partial charge in [-0.05, 0) is 12.3 Å². The van der Waals surface area contributed by atoms with Crippen LogP contribution in [-0.2, 0) is 9.59 Å². The Morgan fingerprint density at radius 1 is 1.31 bits per heavy atom. The predicted molar refractivity (Wildman–Crippen MR) is 57.8 cm³/mol. The summed E-state index contributed by atoms with van der Waals surface area (Å²) in [5.41, 5.74) is 0. The molecule has 0 aromatic heterocycles. The fourth-order valence-corrected chi connectivity index (χ4v) is 2.09. The highest BCUT2D eigenvalue weighted by atomic mass is 16.4. The predicted octanol–water partition coefficient (Wildman–Crippen LogP) is 0.518. The van der Waals surface area contributed by atoms with E-state index in [4.69, 9.17) is 10.2 Å². The zero-order valence-electron chi connectivity index (χ0n) is 9.32. The second-order valence-electron chi connectivity index (χ2n) is 4.33. The van der Waals surface area contributed by atoms with E-state index in [0.29, 0.717) is 12.3 Å². The van der Waals surface area contributed by atoms with E-state index in [1.807, 2.05) is 0 Å². The van der Waals surface area contributed by atoms with Crippen LogP contribution in [0.5, 0.6) is 0 Å². The third kappa shape index (κ3) is 4.18. The second-order valence-corrected chi connectivity index (χ2v) is 4.33. The fourth-order valence-electron chi connectivity index (χ4n) is 2.09. The van der Waals surface area contributed by atoms with E-state index in [1.165, 1.54) is 25.7 Å². The highest BCUT2D eigenvalue weighted by Crippen LogP contribution is 2.28. The molecule has 0 spiro atoms. The number of nitrogens with one attached hydrogen (secondary N) is 1. The molecule has 1 aliphatic rings. The molecule has 3 N–H and O–H groups in total. The van der Waals surface area contributed by atoms with Gasteiger partial charge in [-0.2, -0.15) is 0 Å². The summed E-state index contributed by atoms with van der Waals surface area (Å²) in [5.74, 6) is -0.867. The van der Waals surface area contributed by atoms with E-state index in [-0.39, 0.29) is 5.91 Å². The quantitative estimate of drug-likeness (QED) is 0.619. The van der Waals surface area contributed by atoms with Gasteiger partial charge in [-0.15, -0.1) is 0 Å². The van der Waals surface area contributed by atoms with Gasteiger partial charge in [0.1, 0.15) is 6.04 Å². The summed E-state index contributed by atoms with van der Waals surface area (Å²) >= 11 is 0. The van der Waals surface area contributed by atoms with E-state index >= 15 is 0 Å². The lowest BCUT2D eigenvalue weighted by atomic mass is 10.0. The maximum Gasteiger partial charge on any atom is 0.328 e. The Bertz CT molecular complexity index is 248. The number of aliphatic carboxylic acids is 1. The highest BCUT2D eigenvalue weighted by molar-refractivity contribution is 5.83. The van der Waals surface area contributed by atoms with Crippen LogP contribution < -0.4 is 5.32 Å². The number of carboxylic acid groups (broad SMARTS) is 1. The molecule has 0 radical (unpaired) electrons. The zero-order chi connectivity index (χ0) is 12.0. The van der Waals surface area contributed by atoms with Gasteiger partial charge in [0.15, 0.2) is 0 Å². The molecule has 5 heteroatoms. The van der Waals surface area contributed by atoms with Crippen molar-refractivity contribution in [1.82, 2.24) is 5.32 Å². The van der Waals surface area contributed by atoms with Crippen molar-refractivity contribution in [2.75, 3.05) is 6.61 Å². The first-order chi connectivity index (χ1) is 7.63. The average Bonchev–Trinajstić information content (AvgIpc) is 2.75. The van der Waals surface area contributed by atoms with Gasteiger partial charge >= 0.3 is 5.97 Å². The molecular formula is C11H19NO4. The third-order valence-electron chi connectivity index (χ3n) is 3.07. The Kier molecular flexibility index (Phi) is 5.25. The minimum atomic E-state index is -1.20. The number of hydrogen-bond donors (Lipinski definition) is 3. The van der Waals surface area contributed by atoms with Crippen molar-refractivity contribution >= 4 is 11.9 Å². The number of hydrogen-bond acceptors (Lipinski definition) is 3. The van der Waals surface area contributed by atoms with E-state index in [9.17, 15) is 9.59 Å². The molecule has 1 saturated carbocycles. The number of aliphatic hydroxyl groups excluding tert-OH is 1. The smallest absolute Gasteiger partial charge is 0.328 e. The largest absolute Gasteiger partial charge is 0.480 e. The van der Waals surface area contributed by atoms with Crippen molar-refractivity contribution in [2.24, 2.45) is 5.92 Å². The van der Waals surface area contributed by atoms with Gasteiger partial charge in [-0.3, -0.25) is 4.79 Å². The van der Waals surface area contributed by atoms with Gasteiger partial charge in [0.25, 0.3) is 0 Å². The zero-order valence-corrected chi connectivity index (χ0v) is 9.32. The van der Waals surface area contributed by atoms with Gasteiger partial charge in [0.05, 0.1) is 6.61 Å². The van der Waals surface area contributed by atoms with Gasteiger partial charge in [0.2, 0.25) is 5.91 Å². The highest BCUT2D eigenvalue weighted by Gasteiger charge is 2.20. The molecule has 1 fully saturated rings. The molecule has 16 heavy (non-hydrogen) atoms. The Balaban J connectivity index is 2.21. The molecule has 5 nitrogen and oxygen atoms in total. The fraction of sp³-hybridized carbons (Fsp3) is 0.818. The molecule has 0 saturated heterocycles. The van der Waals surface area contributed by atoms with E-state index in [2.05, 4.69) is 5.32 Å². The lowest BCUT2D eigenvalue weighted by molar-refractivity contribution is -0.143. The SMILES string of the molecule is O=C(CCC1CCCC1)NC(CO)C(=O)O. The number of carboxylic acids is 1. The molecule has 1 atom stereocenters. The van der Waals surface area contributed by atoms with Crippen LogP contribution in [0.15, 0.2) is 0 Å². The summed E-state index contributed by atoms with van der Waals surface area (Å²) in [4.78, 5) is 21.9.